The average molecular weight is 385 g/mol. The van der Waals surface area contributed by atoms with Crippen LogP contribution in [0.15, 0.2) is 29.4 Å². The van der Waals surface area contributed by atoms with Crippen LogP contribution in [0, 0.1) is 0 Å². The number of anilines is 1. The molecule has 2 amide bonds. The summed E-state index contributed by atoms with van der Waals surface area (Å²) in [5.74, 6) is 0.954. The van der Waals surface area contributed by atoms with E-state index in [2.05, 4.69) is 25.4 Å². The molecule has 1 aliphatic carbocycles. The van der Waals surface area contributed by atoms with Gasteiger partial charge in [0, 0.05) is 19.0 Å². The maximum atomic E-state index is 12.4. The molecule has 1 fully saturated rings. The molecule has 0 spiro atoms. The van der Waals surface area contributed by atoms with E-state index in [1.165, 1.54) is 18.2 Å². The first-order chi connectivity index (χ1) is 13.2. The van der Waals surface area contributed by atoms with Crippen molar-refractivity contribution in [1.29, 1.82) is 0 Å². The SMILES string of the molecule is O=C(CSc1nnc2n1CCCCC2)Nc1ccccc1C(=O)NC1CC1. The van der Waals surface area contributed by atoms with E-state index >= 15 is 0 Å². The summed E-state index contributed by atoms with van der Waals surface area (Å²) in [7, 11) is 0. The number of nitrogens with one attached hydrogen (secondary N) is 2. The Hall–Kier alpha value is -2.35. The third-order valence-electron chi connectivity index (χ3n) is 4.77. The van der Waals surface area contributed by atoms with Crippen LogP contribution in [-0.4, -0.2) is 38.4 Å². The van der Waals surface area contributed by atoms with E-state index in [1.807, 2.05) is 6.07 Å². The summed E-state index contributed by atoms with van der Waals surface area (Å²) < 4.78 is 2.13. The third kappa shape index (κ3) is 4.50. The molecule has 1 aromatic heterocycles. The summed E-state index contributed by atoms with van der Waals surface area (Å²) in [6, 6.07) is 7.39. The molecule has 2 heterocycles. The molecule has 0 unspecified atom stereocenters. The highest BCUT2D eigenvalue weighted by Gasteiger charge is 2.25. The van der Waals surface area contributed by atoms with Gasteiger partial charge in [-0.25, -0.2) is 0 Å². The van der Waals surface area contributed by atoms with Crippen molar-refractivity contribution in [3.05, 3.63) is 35.7 Å². The van der Waals surface area contributed by atoms with Crippen molar-refractivity contribution in [3.8, 4) is 0 Å². The van der Waals surface area contributed by atoms with Gasteiger partial charge < -0.3 is 15.2 Å². The number of fused-ring (bicyclic) bond motifs is 1. The first kappa shape index (κ1) is 18.0. The van der Waals surface area contributed by atoms with Crippen LogP contribution in [0.4, 0.5) is 5.69 Å². The van der Waals surface area contributed by atoms with E-state index in [0.29, 0.717) is 11.3 Å². The van der Waals surface area contributed by atoms with E-state index in [4.69, 9.17) is 0 Å². The number of carbonyl (C=O) groups is 2. The molecule has 2 aromatic rings. The average Bonchev–Trinajstić information content (AvgIpc) is 3.44. The van der Waals surface area contributed by atoms with Gasteiger partial charge in [-0.05, 0) is 37.8 Å². The molecule has 4 rings (SSSR count). The fourth-order valence-corrected chi connectivity index (χ4v) is 3.95. The lowest BCUT2D eigenvalue weighted by Gasteiger charge is -2.11. The highest BCUT2D eigenvalue weighted by Crippen LogP contribution is 2.23. The second-order valence-electron chi connectivity index (χ2n) is 6.99. The van der Waals surface area contributed by atoms with Crippen molar-refractivity contribution in [2.45, 2.75) is 56.3 Å². The van der Waals surface area contributed by atoms with Gasteiger partial charge >= 0.3 is 0 Å². The number of nitrogens with zero attached hydrogens (tertiary/aromatic N) is 3. The number of rotatable bonds is 6. The Bertz CT molecular complexity index is 846. The van der Waals surface area contributed by atoms with Gasteiger partial charge in [0.2, 0.25) is 5.91 Å². The van der Waals surface area contributed by atoms with Gasteiger partial charge in [-0.2, -0.15) is 0 Å². The number of aromatic nitrogens is 3. The van der Waals surface area contributed by atoms with Gasteiger partial charge in [-0.15, -0.1) is 10.2 Å². The van der Waals surface area contributed by atoms with E-state index in [9.17, 15) is 9.59 Å². The fraction of sp³-hybridized carbons (Fsp3) is 0.474. The third-order valence-corrected chi connectivity index (χ3v) is 5.73. The summed E-state index contributed by atoms with van der Waals surface area (Å²) in [5, 5.41) is 15.1. The van der Waals surface area contributed by atoms with Gasteiger partial charge in [-0.1, -0.05) is 30.3 Å². The standard InChI is InChI=1S/C19H23N5O2S/c25-17(12-27-19-23-22-16-8-2-1-5-11-24(16)19)21-15-7-4-3-6-14(15)18(26)20-13-9-10-13/h3-4,6-7,13H,1-2,5,8-12H2,(H,20,26)(H,21,25). The Morgan fingerprint density at radius 1 is 1.15 bits per heavy atom. The number of carbonyl (C=O) groups excluding carboxylic acids is 2. The monoisotopic (exact) mass is 385 g/mol. The first-order valence-corrected chi connectivity index (χ1v) is 10.4. The normalized spacial score (nSPS) is 16.3. The van der Waals surface area contributed by atoms with Crippen molar-refractivity contribution < 1.29 is 9.59 Å². The van der Waals surface area contributed by atoms with Crippen LogP contribution < -0.4 is 10.6 Å². The largest absolute Gasteiger partial charge is 0.349 e. The molecule has 2 N–H and O–H groups in total. The molecular formula is C19H23N5O2S. The Morgan fingerprint density at radius 3 is 2.85 bits per heavy atom. The summed E-state index contributed by atoms with van der Waals surface area (Å²) in [6.07, 6.45) is 6.47. The molecule has 0 radical (unpaired) electrons. The number of thioether (sulfide) groups is 1. The van der Waals surface area contributed by atoms with Crippen LogP contribution in [0.2, 0.25) is 0 Å². The maximum absolute atomic E-state index is 12.4. The second kappa shape index (κ2) is 8.12. The molecule has 2 aliphatic rings. The van der Waals surface area contributed by atoms with Crippen molar-refractivity contribution in [3.63, 3.8) is 0 Å². The van der Waals surface area contributed by atoms with Gasteiger partial charge in [-0.3, -0.25) is 9.59 Å². The Labute approximate surface area is 162 Å². The predicted molar refractivity (Wildman–Crippen MR) is 104 cm³/mol. The zero-order valence-electron chi connectivity index (χ0n) is 15.1. The van der Waals surface area contributed by atoms with E-state index in [1.54, 1.807) is 18.2 Å². The summed E-state index contributed by atoms with van der Waals surface area (Å²) in [6.45, 7) is 0.913. The van der Waals surface area contributed by atoms with Crippen LogP contribution in [0.5, 0.6) is 0 Å². The maximum Gasteiger partial charge on any atom is 0.253 e. The molecule has 0 bridgehead atoms. The lowest BCUT2D eigenvalue weighted by atomic mass is 10.1. The molecule has 0 saturated heterocycles. The van der Waals surface area contributed by atoms with Crippen molar-refractivity contribution >= 4 is 29.3 Å². The number of hydrogen-bond donors (Lipinski definition) is 2. The molecule has 0 atom stereocenters. The number of hydrogen-bond acceptors (Lipinski definition) is 5. The van der Waals surface area contributed by atoms with Crippen molar-refractivity contribution in [2.24, 2.45) is 0 Å². The molecule has 1 saturated carbocycles. The Morgan fingerprint density at radius 2 is 2.00 bits per heavy atom. The number of benzene rings is 1. The summed E-state index contributed by atoms with van der Waals surface area (Å²) in [5.41, 5.74) is 1.04. The van der Waals surface area contributed by atoms with Gasteiger partial charge in [0.25, 0.3) is 5.91 Å². The lowest BCUT2D eigenvalue weighted by Crippen LogP contribution is -2.27. The molecule has 8 heteroatoms. The summed E-state index contributed by atoms with van der Waals surface area (Å²) >= 11 is 1.39. The smallest absolute Gasteiger partial charge is 0.253 e. The quantitative estimate of drug-likeness (QED) is 0.746. The Balaban J connectivity index is 1.37. The minimum absolute atomic E-state index is 0.135. The first-order valence-electron chi connectivity index (χ1n) is 9.45. The molecule has 27 heavy (non-hydrogen) atoms. The zero-order valence-corrected chi connectivity index (χ0v) is 15.9. The van der Waals surface area contributed by atoms with Crippen LogP contribution in [0.25, 0.3) is 0 Å². The van der Waals surface area contributed by atoms with Crippen LogP contribution in [0.1, 0.15) is 48.3 Å². The van der Waals surface area contributed by atoms with E-state index < -0.39 is 0 Å². The fourth-order valence-electron chi connectivity index (χ4n) is 3.16. The number of para-hydroxylation sites is 1. The van der Waals surface area contributed by atoms with Crippen molar-refractivity contribution in [2.75, 3.05) is 11.1 Å². The molecule has 142 valence electrons. The van der Waals surface area contributed by atoms with Crippen LogP contribution in [-0.2, 0) is 17.8 Å². The van der Waals surface area contributed by atoms with E-state index in [-0.39, 0.29) is 23.6 Å². The Kier molecular flexibility index (Phi) is 5.42. The minimum Gasteiger partial charge on any atom is -0.349 e. The van der Waals surface area contributed by atoms with Gasteiger partial charge in [0.05, 0.1) is 17.0 Å². The summed E-state index contributed by atoms with van der Waals surface area (Å²) in [4.78, 5) is 24.8. The molecule has 7 nitrogen and oxygen atoms in total. The van der Waals surface area contributed by atoms with E-state index in [0.717, 1.165) is 49.6 Å². The zero-order chi connectivity index (χ0) is 18.6. The highest BCUT2D eigenvalue weighted by atomic mass is 32.2. The second-order valence-corrected chi connectivity index (χ2v) is 7.93. The van der Waals surface area contributed by atoms with Crippen LogP contribution in [0.3, 0.4) is 0 Å². The highest BCUT2D eigenvalue weighted by molar-refractivity contribution is 7.99. The number of aryl methyl sites for hydroxylation is 1. The molecule has 1 aromatic carbocycles. The number of amides is 2. The lowest BCUT2D eigenvalue weighted by molar-refractivity contribution is -0.113. The van der Waals surface area contributed by atoms with Gasteiger partial charge in [0.1, 0.15) is 5.82 Å². The van der Waals surface area contributed by atoms with Gasteiger partial charge in [0.15, 0.2) is 5.16 Å². The van der Waals surface area contributed by atoms with Crippen molar-refractivity contribution in [1.82, 2.24) is 20.1 Å². The molecular weight excluding hydrogens is 362 g/mol. The van der Waals surface area contributed by atoms with Crippen LogP contribution >= 0.6 is 11.8 Å². The predicted octanol–water partition coefficient (Wildman–Crippen LogP) is 2.63. The minimum atomic E-state index is -0.155. The molecule has 1 aliphatic heterocycles. The topological polar surface area (TPSA) is 88.9 Å².